The van der Waals surface area contributed by atoms with Crippen LogP contribution in [0.15, 0.2) is 30.3 Å². The van der Waals surface area contributed by atoms with Crippen molar-refractivity contribution in [2.75, 3.05) is 0 Å². The zero-order valence-corrected chi connectivity index (χ0v) is 13.9. The monoisotopic (exact) mass is 317 g/mol. The van der Waals surface area contributed by atoms with Crippen molar-refractivity contribution in [2.24, 2.45) is 11.7 Å². The summed E-state index contributed by atoms with van der Waals surface area (Å²) in [5.74, 6) is -0.133. The van der Waals surface area contributed by atoms with Crippen LogP contribution in [0.2, 0.25) is 0 Å². The SMILES string of the molecule is CC(C)[C@@H](N)C(=O)N[C@@H]1CCCC[C@H]1NC(=O)c1ccccc1. The number of amides is 2. The highest BCUT2D eigenvalue weighted by Crippen LogP contribution is 2.19. The van der Waals surface area contributed by atoms with Crippen molar-refractivity contribution < 1.29 is 9.59 Å². The molecule has 5 heteroatoms. The minimum atomic E-state index is -0.512. The van der Waals surface area contributed by atoms with Gasteiger partial charge >= 0.3 is 0 Å². The third-order valence-corrected chi connectivity index (χ3v) is 4.47. The van der Waals surface area contributed by atoms with Crippen molar-refractivity contribution >= 4 is 11.8 Å². The first-order chi connectivity index (χ1) is 11.0. The molecule has 0 heterocycles. The Kier molecular flexibility index (Phi) is 6.16. The molecule has 0 aliphatic heterocycles. The van der Waals surface area contributed by atoms with E-state index in [1.54, 1.807) is 12.1 Å². The largest absolute Gasteiger partial charge is 0.350 e. The van der Waals surface area contributed by atoms with Crippen molar-refractivity contribution in [3.63, 3.8) is 0 Å². The third kappa shape index (κ3) is 4.79. The second-order valence-corrected chi connectivity index (χ2v) is 6.62. The zero-order valence-electron chi connectivity index (χ0n) is 13.9. The summed E-state index contributed by atoms with van der Waals surface area (Å²) in [6, 6.07) is 8.55. The molecule has 2 amide bonds. The predicted molar refractivity (Wildman–Crippen MR) is 90.9 cm³/mol. The van der Waals surface area contributed by atoms with Crippen molar-refractivity contribution in [1.29, 1.82) is 0 Å². The van der Waals surface area contributed by atoms with Crippen LogP contribution in [0.4, 0.5) is 0 Å². The predicted octanol–water partition coefficient (Wildman–Crippen LogP) is 1.83. The van der Waals surface area contributed by atoms with Crippen LogP contribution < -0.4 is 16.4 Å². The van der Waals surface area contributed by atoms with Gasteiger partial charge in [-0.2, -0.15) is 0 Å². The summed E-state index contributed by atoms with van der Waals surface area (Å²) in [6.07, 6.45) is 3.86. The number of benzene rings is 1. The molecule has 0 radical (unpaired) electrons. The van der Waals surface area contributed by atoms with E-state index in [1.807, 2.05) is 32.0 Å². The van der Waals surface area contributed by atoms with E-state index in [-0.39, 0.29) is 29.8 Å². The third-order valence-electron chi connectivity index (χ3n) is 4.47. The average Bonchev–Trinajstić information content (AvgIpc) is 2.56. The molecule has 126 valence electrons. The Bertz CT molecular complexity index is 530. The van der Waals surface area contributed by atoms with Crippen LogP contribution in [-0.2, 0) is 4.79 Å². The Labute approximate surface area is 138 Å². The van der Waals surface area contributed by atoms with Crippen LogP contribution >= 0.6 is 0 Å². The minimum absolute atomic E-state index is 0.0419. The first-order valence-electron chi connectivity index (χ1n) is 8.41. The molecule has 0 aromatic heterocycles. The summed E-state index contributed by atoms with van der Waals surface area (Å²) < 4.78 is 0. The number of nitrogens with two attached hydrogens (primary N) is 1. The van der Waals surface area contributed by atoms with E-state index in [9.17, 15) is 9.59 Å². The summed E-state index contributed by atoms with van der Waals surface area (Å²) in [5, 5.41) is 6.09. The minimum Gasteiger partial charge on any atom is -0.350 e. The lowest BCUT2D eigenvalue weighted by atomic mass is 9.89. The fourth-order valence-electron chi connectivity index (χ4n) is 2.90. The quantitative estimate of drug-likeness (QED) is 0.774. The van der Waals surface area contributed by atoms with Gasteiger partial charge in [-0.15, -0.1) is 0 Å². The van der Waals surface area contributed by atoms with Crippen molar-refractivity contribution in [2.45, 2.75) is 57.7 Å². The molecule has 1 saturated carbocycles. The van der Waals surface area contributed by atoms with Gasteiger partial charge in [-0.05, 0) is 30.9 Å². The Balaban J connectivity index is 1.98. The van der Waals surface area contributed by atoms with Crippen LogP contribution in [0.5, 0.6) is 0 Å². The lowest BCUT2D eigenvalue weighted by molar-refractivity contribution is -0.124. The highest BCUT2D eigenvalue weighted by Gasteiger charge is 2.29. The molecule has 0 unspecified atom stereocenters. The first-order valence-corrected chi connectivity index (χ1v) is 8.41. The molecular formula is C18H27N3O2. The number of carbonyl (C=O) groups is 2. The van der Waals surface area contributed by atoms with Gasteiger partial charge < -0.3 is 16.4 Å². The van der Waals surface area contributed by atoms with Gasteiger partial charge in [0.1, 0.15) is 0 Å². The Morgan fingerprint density at radius 1 is 1.04 bits per heavy atom. The molecule has 23 heavy (non-hydrogen) atoms. The molecule has 1 aliphatic carbocycles. The molecule has 0 spiro atoms. The van der Waals surface area contributed by atoms with Crippen LogP contribution in [0.3, 0.4) is 0 Å². The molecule has 1 fully saturated rings. The van der Waals surface area contributed by atoms with Crippen molar-refractivity contribution in [3.8, 4) is 0 Å². The van der Waals surface area contributed by atoms with E-state index in [0.717, 1.165) is 25.7 Å². The molecule has 1 aromatic rings. The van der Waals surface area contributed by atoms with Gasteiger partial charge in [0.25, 0.3) is 5.91 Å². The number of hydrogen-bond acceptors (Lipinski definition) is 3. The molecule has 0 saturated heterocycles. The van der Waals surface area contributed by atoms with Crippen LogP contribution in [0.25, 0.3) is 0 Å². The maximum atomic E-state index is 12.3. The van der Waals surface area contributed by atoms with Gasteiger partial charge in [0.15, 0.2) is 0 Å². The number of rotatable bonds is 5. The normalized spacial score (nSPS) is 22.4. The van der Waals surface area contributed by atoms with Crippen molar-refractivity contribution in [1.82, 2.24) is 10.6 Å². The molecule has 4 N–H and O–H groups in total. The zero-order chi connectivity index (χ0) is 16.8. The van der Waals surface area contributed by atoms with Gasteiger partial charge in [0, 0.05) is 17.6 Å². The van der Waals surface area contributed by atoms with E-state index >= 15 is 0 Å². The number of nitrogens with one attached hydrogen (secondary N) is 2. The standard InChI is InChI=1S/C18H27N3O2/c1-12(2)16(19)18(23)21-15-11-7-6-10-14(15)20-17(22)13-8-4-3-5-9-13/h3-5,8-9,12,14-16H,6-7,10-11,19H2,1-2H3,(H,20,22)(H,21,23)/t14-,15-,16-/m1/s1. The summed E-state index contributed by atoms with van der Waals surface area (Å²) in [6.45, 7) is 3.86. The summed E-state index contributed by atoms with van der Waals surface area (Å²) in [4.78, 5) is 24.5. The Hall–Kier alpha value is -1.88. The highest BCUT2D eigenvalue weighted by molar-refractivity contribution is 5.94. The smallest absolute Gasteiger partial charge is 0.251 e. The average molecular weight is 317 g/mol. The van der Waals surface area contributed by atoms with E-state index in [0.29, 0.717) is 5.56 Å². The van der Waals surface area contributed by atoms with Gasteiger partial charge in [-0.25, -0.2) is 0 Å². The van der Waals surface area contributed by atoms with E-state index in [1.165, 1.54) is 0 Å². The molecule has 2 rings (SSSR count). The lowest BCUT2D eigenvalue weighted by Crippen LogP contribution is -2.56. The summed E-state index contributed by atoms with van der Waals surface area (Å²) in [5.41, 5.74) is 6.56. The highest BCUT2D eigenvalue weighted by atomic mass is 16.2. The van der Waals surface area contributed by atoms with Gasteiger partial charge in [0.05, 0.1) is 6.04 Å². The number of hydrogen-bond donors (Lipinski definition) is 3. The van der Waals surface area contributed by atoms with Crippen LogP contribution in [0.1, 0.15) is 49.9 Å². The van der Waals surface area contributed by atoms with Gasteiger partial charge in [0.2, 0.25) is 5.91 Å². The fraction of sp³-hybridized carbons (Fsp3) is 0.556. The Morgan fingerprint density at radius 3 is 2.17 bits per heavy atom. The van der Waals surface area contributed by atoms with Gasteiger partial charge in [-0.1, -0.05) is 44.9 Å². The van der Waals surface area contributed by atoms with E-state index < -0.39 is 6.04 Å². The molecule has 0 bridgehead atoms. The summed E-state index contributed by atoms with van der Waals surface area (Å²) >= 11 is 0. The fourth-order valence-corrected chi connectivity index (χ4v) is 2.90. The lowest BCUT2D eigenvalue weighted by Gasteiger charge is -2.33. The topological polar surface area (TPSA) is 84.2 Å². The number of carbonyl (C=O) groups excluding carboxylic acids is 2. The molecule has 3 atom stereocenters. The Morgan fingerprint density at radius 2 is 1.61 bits per heavy atom. The van der Waals surface area contributed by atoms with E-state index in [4.69, 9.17) is 5.73 Å². The van der Waals surface area contributed by atoms with Crippen LogP contribution in [0, 0.1) is 5.92 Å². The summed E-state index contributed by atoms with van der Waals surface area (Å²) in [7, 11) is 0. The maximum Gasteiger partial charge on any atom is 0.251 e. The second-order valence-electron chi connectivity index (χ2n) is 6.62. The van der Waals surface area contributed by atoms with Gasteiger partial charge in [-0.3, -0.25) is 9.59 Å². The molecule has 1 aliphatic rings. The molecule has 1 aromatic carbocycles. The second kappa shape index (κ2) is 8.11. The first kappa shape index (κ1) is 17.5. The maximum absolute atomic E-state index is 12.3. The molecule has 5 nitrogen and oxygen atoms in total. The molecular weight excluding hydrogens is 290 g/mol. The van der Waals surface area contributed by atoms with Crippen molar-refractivity contribution in [3.05, 3.63) is 35.9 Å². The van der Waals surface area contributed by atoms with Crippen LogP contribution in [-0.4, -0.2) is 29.9 Å². The van der Waals surface area contributed by atoms with E-state index in [2.05, 4.69) is 10.6 Å².